The number of aliphatic hydroxyl groups is 1. The predicted molar refractivity (Wildman–Crippen MR) is 143 cm³/mol. The van der Waals surface area contributed by atoms with Gasteiger partial charge in [0, 0.05) is 43.9 Å². The molecule has 3 atom stereocenters. The number of carbonyl (C=O) groups is 1. The summed E-state index contributed by atoms with van der Waals surface area (Å²) < 4.78 is 36.6. The Labute approximate surface area is 229 Å². The Hall–Kier alpha value is -4.16. The number of ether oxygens (including phenoxy) is 1. The van der Waals surface area contributed by atoms with Crippen molar-refractivity contribution in [3.63, 3.8) is 0 Å². The Morgan fingerprint density at radius 2 is 2.00 bits per heavy atom. The fourth-order valence-corrected chi connectivity index (χ4v) is 5.71. The maximum absolute atomic E-state index is 15.1. The molecule has 0 unspecified atom stereocenters. The summed E-state index contributed by atoms with van der Waals surface area (Å²) in [6, 6.07) is 9.23. The van der Waals surface area contributed by atoms with E-state index in [9.17, 15) is 14.3 Å². The number of aromatic nitrogens is 4. The largest absolute Gasteiger partial charge is 0.493 e. The van der Waals surface area contributed by atoms with Crippen molar-refractivity contribution in [3.05, 3.63) is 66.8 Å². The van der Waals surface area contributed by atoms with E-state index < -0.39 is 17.5 Å². The second-order valence-electron chi connectivity index (χ2n) is 10.3. The maximum Gasteiger partial charge on any atom is 0.239 e. The lowest BCUT2D eigenvalue weighted by atomic mass is 10.2. The van der Waals surface area contributed by atoms with Gasteiger partial charge in [-0.05, 0) is 48.4 Å². The lowest BCUT2D eigenvalue weighted by Gasteiger charge is -2.24. The number of nitrogens with zero attached hydrogens (tertiary/aromatic N) is 6. The minimum Gasteiger partial charge on any atom is -0.493 e. The molecule has 3 heterocycles. The molecule has 2 fully saturated rings. The topological polar surface area (TPSA) is 123 Å². The minimum atomic E-state index is -1.06. The highest BCUT2D eigenvalue weighted by Crippen LogP contribution is 2.51. The van der Waals surface area contributed by atoms with E-state index >= 15 is 4.39 Å². The summed E-state index contributed by atoms with van der Waals surface area (Å²) in [6.07, 6.45) is 5.15. The van der Waals surface area contributed by atoms with Crippen LogP contribution >= 0.6 is 0 Å². The number of likely N-dealkylation sites (tertiary alicyclic amines) is 1. The number of rotatable bonds is 11. The molecule has 10 nitrogen and oxygen atoms in total. The number of nitrogens with two attached hydrogens (primary N) is 1. The second kappa shape index (κ2) is 10.8. The fourth-order valence-electron chi connectivity index (χ4n) is 5.71. The van der Waals surface area contributed by atoms with Gasteiger partial charge in [0.05, 0.1) is 29.7 Å². The molecule has 1 amide bonds. The standard InChI is InChI=1S/C28H29F2N7O3/c29-23-3-1-4-25(27(23)30)37(17-10-34-36(11-17)14-26(31)39)28-19-6-5-18(9-24(19)32-16-33-28)40-8-2-7-35-12-20-21(13-35)22(20)15-38/h1,3-6,9-11,16,20-22,38H,2,7-8,12-15H2,(H2,31,39)/t20-,21+,22+. The van der Waals surface area contributed by atoms with Gasteiger partial charge in [0.2, 0.25) is 5.91 Å². The quantitative estimate of drug-likeness (QED) is 0.274. The highest BCUT2D eigenvalue weighted by atomic mass is 19.2. The van der Waals surface area contributed by atoms with Crippen LogP contribution in [0.15, 0.2) is 55.1 Å². The van der Waals surface area contributed by atoms with Crippen molar-refractivity contribution in [2.24, 2.45) is 23.5 Å². The molecule has 2 aromatic carbocycles. The number of hydrogen-bond donors (Lipinski definition) is 2. The number of fused-ring (bicyclic) bond motifs is 2. The first-order valence-corrected chi connectivity index (χ1v) is 13.2. The Morgan fingerprint density at radius 3 is 2.77 bits per heavy atom. The average molecular weight is 550 g/mol. The molecular weight excluding hydrogens is 520 g/mol. The molecule has 1 saturated heterocycles. The Morgan fingerprint density at radius 1 is 1.18 bits per heavy atom. The van der Waals surface area contributed by atoms with Crippen LogP contribution in [0, 0.1) is 29.4 Å². The Balaban J connectivity index is 1.22. The van der Waals surface area contributed by atoms with E-state index in [4.69, 9.17) is 10.5 Å². The van der Waals surface area contributed by atoms with Crippen LogP contribution in [0.3, 0.4) is 0 Å². The van der Waals surface area contributed by atoms with Gasteiger partial charge in [0.25, 0.3) is 0 Å². The van der Waals surface area contributed by atoms with Gasteiger partial charge in [0.1, 0.15) is 24.4 Å². The van der Waals surface area contributed by atoms with E-state index in [1.54, 1.807) is 18.2 Å². The molecular formula is C28H29F2N7O3. The molecule has 208 valence electrons. The van der Waals surface area contributed by atoms with Crippen molar-refractivity contribution in [1.82, 2.24) is 24.6 Å². The van der Waals surface area contributed by atoms with Crippen LogP contribution in [0.2, 0.25) is 0 Å². The number of amides is 1. The number of carbonyl (C=O) groups excluding carboxylic acids is 1. The van der Waals surface area contributed by atoms with Crippen LogP contribution in [0.25, 0.3) is 10.9 Å². The van der Waals surface area contributed by atoms with Gasteiger partial charge >= 0.3 is 0 Å². The molecule has 0 radical (unpaired) electrons. The zero-order valence-corrected chi connectivity index (χ0v) is 21.7. The van der Waals surface area contributed by atoms with Crippen LogP contribution in [0.5, 0.6) is 5.75 Å². The first-order chi connectivity index (χ1) is 19.4. The van der Waals surface area contributed by atoms with Crippen LogP contribution in [0.4, 0.5) is 26.0 Å². The van der Waals surface area contributed by atoms with Crippen LogP contribution in [-0.2, 0) is 11.3 Å². The van der Waals surface area contributed by atoms with E-state index in [0.29, 0.717) is 59.1 Å². The number of primary amides is 1. The van der Waals surface area contributed by atoms with Crippen LogP contribution in [-0.4, -0.2) is 68.5 Å². The van der Waals surface area contributed by atoms with E-state index in [2.05, 4.69) is 20.0 Å². The molecule has 1 aliphatic heterocycles. The van der Waals surface area contributed by atoms with Gasteiger partial charge in [-0.15, -0.1) is 0 Å². The summed E-state index contributed by atoms with van der Waals surface area (Å²) in [6.45, 7) is 3.71. The SMILES string of the molecule is NC(=O)Cn1cc(N(c2cccc(F)c2F)c2ncnc3cc(OCCCN4C[C@@H]5[C@@H](CO)[C@@H]5C4)ccc23)cn1. The lowest BCUT2D eigenvalue weighted by Crippen LogP contribution is -2.27. The predicted octanol–water partition coefficient (Wildman–Crippen LogP) is 3.00. The third-order valence-electron chi connectivity index (χ3n) is 7.71. The van der Waals surface area contributed by atoms with Crippen molar-refractivity contribution >= 4 is 34.0 Å². The van der Waals surface area contributed by atoms with Crippen molar-refractivity contribution < 1.29 is 23.4 Å². The molecule has 0 bridgehead atoms. The summed E-state index contributed by atoms with van der Waals surface area (Å²) in [5, 5.41) is 14.0. The van der Waals surface area contributed by atoms with E-state index in [1.165, 1.54) is 40.4 Å². The summed E-state index contributed by atoms with van der Waals surface area (Å²) in [4.78, 5) is 24.0. The number of aliphatic hydroxyl groups excluding tert-OH is 1. The average Bonchev–Trinajstić information content (AvgIpc) is 3.22. The molecule has 2 aliphatic rings. The number of anilines is 3. The third kappa shape index (κ3) is 5.07. The van der Waals surface area contributed by atoms with Crippen molar-refractivity contribution in [2.45, 2.75) is 13.0 Å². The van der Waals surface area contributed by atoms with Crippen molar-refractivity contribution in [3.8, 4) is 5.75 Å². The summed E-state index contributed by atoms with van der Waals surface area (Å²) in [5.74, 6) is 0.0749. The van der Waals surface area contributed by atoms with Gasteiger partial charge in [-0.25, -0.2) is 18.7 Å². The summed E-state index contributed by atoms with van der Waals surface area (Å²) in [5.41, 5.74) is 6.13. The van der Waals surface area contributed by atoms with E-state index in [-0.39, 0.29) is 12.2 Å². The second-order valence-corrected chi connectivity index (χ2v) is 10.3. The maximum atomic E-state index is 15.1. The van der Waals surface area contributed by atoms with E-state index in [0.717, 1.165) is 32.1 Å². The van der Waals surface area contributed by atoms with E-state index in [1.807, 2.05) is 0 Å². The number of piperidine rings is 1. The molecule has 40 heavy (non-hydrogen) atoms. The van der Waals surface area contributed by atoms with Crippen molar-refractivity contribution in [1.29, 1.82) is 0 Å². The minimum absolute atomic E-state index is 0.0798. The number of hydrogen-bond acceptors (Lipinski definition) is 8. The fraction of sp³-hybridized carbons (Fsp3) is 0.357. The Kier molecular flexibility index (Phi) is 7.03. The third-order valence-corrected chi connectivity index (χ3v) is 7.71. The Bertz CT molecular complexity index is 1540. The molecule has 0 spiro atoms. The highest BCUT2D eigenvalue weighted by molar-refractivity contribution is 5.95. The first kappa shape index (κ1) is 26.1. The molecule has 1 saturated carbocycles. The molecule has 12 heteroatoms. The first-order valence-electron chi connectivity index (χ1n) is 13.2. The number of benzene rings is 2. The smallest absolute Gasteiger partial charge is 0.239 e. The molecule has 6 rings (SSSR count). The molecule has 2 aromatic heterocycles. The van der Waals surface area contributed by atoms with Crippen LogP contribution in [0.1, 0.15) is 6.42 Å². The van der Waals surface area contributed by atoms with Crippen LogP contribution < -0.4 is 15.4 Å². The molecule has 3 N–H and O–H groups in total. The summed E-state index contributed by atoms with van der Waals surface area (Å²) >= 11 is 0. The number of halogens is 2. The monoisotopic (exact) mass is 549 g/mol. The zero-order chi connectivity index (χ0) is 27.8. The van der Waals surface area contributed by atoms with Gasteiger partial charge in [-0.3, -0.25) is 14.4 Å². The molecule has 4 aromatic rings. The lowest BCUT2D eigenvalue weighted by molar-refractivity contribution is -0.118. The summed E-state index contributed by atoms with van der Waals surface area (Å²) in [7, 11) is 0. The molecule has 1 aliphatic carbocycles. The normalized spacial score (nSPS) is 20.0. The van der Waals surface area contributed by atoms with Gasteiger partial charge in [0.15, 0.2) is 11.6 Å². The van der Waals surface area contributed by atoms with Gasteiger partial charge in [-0.1, -0.05) is 6.07 Å². The zero-order valence-electron chi connectivity index (χ0n) is 21.7. The van der Waals surface area contributed by atoms with Crippen molar-refractivity contribution in [2.75, 3.05) is 37.7 Å². The van der Waals surface area contributed by atoms with Gasteiger partial charge in [-0.2, -0.15) is 5.10 Å². The van der Waals surface area contributed by atoms with Gasteiger partial charge < -0.3 is 20.5 Å². The highest BCUT2D eigenvalue weighted by Gasteiger charge is 2.54.